The summed E-state index contributed by atoms with van der Waals surface area (Å²) in [7, 11) is 4.27. The lowest BCUT2D eigenvalue weighted by atomic mass is 9.97. The maximum absolute atomic E-state index is 12.1. The number of hydrogen-bond donors (Lipinski definition) is 2. The molecule has 0 aliphatic heterocycles. The van der Waals surface area contributed by atoms with Crippen LogP contribution in [-0.4, -0.2) is 37.5 Å². The number of rotatable bonds is 7. The van der Waals surface area contributed by atoms with Crippen LogP contribution in [0.4, 0.5) is 0 Å². The fourth-order valence-electron chi connectivity index (χ4n) is 2.51. The van der Waals surface area contributed by atoms with Gasteiger partial charge in [-0.1, -0.05) is 24.3 Å². The Bertz CT molecular complexity index is 797. The van der Waals surface area contributed by atoms with Crippen molar-refractivity contribution in [3.8, 4) is 23.0 Å². The van der Waals surface area contributed by atoms with Crippen molar-refractivity contribution >= 4 is 12.0 Å². The summed E-state index contributed by atoms with van der Waals surface area (Å²) in [6.07, 6.45) is 3.88. The van der Waals surface area contributed by atoms with Crippen LogP contribution < -0.4 is 9.47 Å². The molecule has 26 heavy (non-hydrogen) atoms. The molecule has 6 nitrogen and oxygen atoms in total. The van der Waals surface area contributed by atoms with Gasteiger partial charge in [0.15, 0.2) is 23.0 Å². The summed E-state index contributed by atoms with van der Waals surface area (Å²) in [5, 5.41) is 19.3. The highest BCUT2D eigenvalue weighted by molar-refractivity contribution is 5.76. The van der Waals surface area contributed by atoms with Gasteiger partial charge in [0.25, 0.3) is 0 Å². The lowest BCUT2D eigenvalue weighted by Gasteiger charge is -2.12. The first-order valence-corrected chi connectivity index (χ1v) is 7.97. The van der Waals surface area contributed by atoms with E-state index in [4.69, 9.17) is 14.2 Å². The van der Waals surface area contributed by atoms with Gasteiger partial charge in [-0.25, -0.2) is 0 Å². The Kier molecular flexibility index (Phi) is 6.49. The largest absolute Gasteiger partial charge is 0.504 e. The number of phenolic OH excluding ortho intramolecular Hbond substituents is 2. The molecule has 1 unspecified atom stereocenters. The summed E-state index contributed by atoms with van der Waals surface area (Å²) >= 11 is 0. The van der Waals surface area contributed by atoms with Crippen molar-refractivity contribution < 1.29 is 29.2 Å². The Labute approximate surface area is 152 Å². The zero-order valence-electron chi connectivity index (χ0n) is 14.9. The fourth-order valence-corrected chi connectivity index (χ4v) is 2.51. The summed E-state index contributed by atoms with van der Waals surface area (Å²) in [4.78, 5) is 12.1. The minimum atomic E-state index is -0.519. The lowest BCUT2D eigenvalue weighted by Crippen LogP contribution is -2.16. The minimum absolute atomic E-state index is 0.0394. The molecule has 0 aromatic heterocycles. The molecule has 0 fully saturated rings. The molecule has 2 N–H and O–H groups in total. The van der Waals surface area contributed by atoms with E-state index >= 15 is 0 Å². The van der Waals surface area contributed by atoms with Crippen LogP contribution in [0.5, 0.6) is 23.0 Å². The van der Waals surface area contributed by atoms with Crippen LogP contribution in [0.15, 0.2) is 42.5 Å². The Morgan fingerprint density at radius 3 is 2.23 bits per heavy atom. The van der Waals surface area contributed by atoms with Gasteiger partial charge in [0.2, 0.25) is 0 Å². The van der Waals surface area contributed by atoms with Crippen LogP contribution in [0.25, 0.3) is 6.08 Å². The average molecular weight is 358 g/mol. The summed E-state index contributed by atoms with van der Waals surface area (Å²) in [5.74, 6) is -0.112. The van der Waals surface area contributed by atoms with Gasteiger partial charge in [-0.3, -0.25) is 4.79 Å². The van der Waals surface area contributed by atoms with Crippen molar-refractivity contribution in [2.45, 2.75) is 6.42 Å². The van der Waals surface area contributed by atoms with Gasteiger partial charge < -0.3 is 24.4 Å². The van der Waals surface area contributed by atoms with Crippen molar-refractivity contribution in [1.82, 2.24) is 0 Å². The van der Waals surface area contributed by atoms with E-state index < -0.39 is 5.92 Å². The molecule has 1 atom stereocenters. The van der Waals surface area contributed by atoms with E-state index in [1.165, 1.54) is 33.5 Å². The van der Waals surface area contributed by atoms with Gasteiger partial charge in [-0.05, 0) is 41.8 Å². The first-order chi connectivity index (χ1) is 12.5. The van der Waals surface area contributed by atoms with Crippen LogP contribution in [0.3, 0.4) is 0 Å². The van der Waals surface area contributed by atoms with E-state index in [9.17, 15) is 15.0 Å². The predicted octanol–water partition coefficient (Wildman–Crippen LogP) is 3.16. The molecule has 0 amide bonds. The van der Waals surface area contributed by atoms with Crippen LogP contribution in [0.1, 0.15) is 11.1 Å². The topological polar surface area (TPSA) is 85.2 Å². The number of phenols is 2. The number of hydrogen-bond acceptors (Lipinski definition) is 6. The van der Waals surface area contributed by atoms with Crippen molar-refractivity contribution in [2.75, 3.05) is 21.3 Å². The highest BCUT2D eigenvalue weighted by Crippen LogP contribution is 2.29. The van der Waals surface area contributed by atoms with E-state index in [0.717, 1.165) is 11.1 Å². The molecule has 0 radical (unpaired) electrons. The van der Waals surface area contributed by atoms with Crippen LogP contribution in [-0.2, 0) is 16.0 Å². The predicted molar refractivity (Wildman–Crippen MR) is 97.6 cm³/mol. The molecule has 0 bridgehead atoms. The number of carbonyl (C=O) groups excluding carboxylic acids is 1. The number of benzene rings is 2. The van der Waals surface area contributed by atoms with Crippen LogP contribution in [0.2, 0.25) is 0 Å². The smallest absolute Gasteiger partial charge is 0.312 e. The molecule has 0 aliphatic rings. The third kappa shape index (κ3) is 4.69. The van der Waals surface area contributed by atoms with E-state index in [2.05, 4.69) is 0 Å². The molecule has 2 aromatic rings. The van der Waals surface area contributed by atoms with Crippen molar-refractivity contribution in [1.29, 1.82) is 0 Å². The van der Waals surface area contributed by atoms with E-state index in [1.807, 2.05) is 0 Å². The second-order valence-electron chi connectivity index (χ2n) is 5.63. The van der Waals surface area contributed by atoms with Gasteiger partial charge in [-0.15, -0.1) is 0 Å². The van der Waals surface area contributed by atoms with Gasteiger partial charge in [-0.2, -0.15) is 0 Å². The number of aromatic hydroxyl groups is 2. The summed E-state index contributed by atoms with van der Waals surface area (Å²) in [6.45, 7) is 0. The summed E-state index contributed by atoms with van der Waals surface area (Å²) in [5.41, 5.74) is 1.60. The summed E-state index contributed by atoms with van der Waals surface area (Å²) < 4.78 is 15.1. The fraction of sp³-hybridized carbons (Fsp3) is 0.250. The van der Waals surface area contributed by atoms with Gasteiger partial charge in [0.1, 0.15) is 0 Å². The Balaban J connectivity index is 2.23. The Morgan fingerprint density at radius 1 is 1.00 bits per heavy atom. The molecule has 0 heterocycles. The first kappa shape index (κ1) is 19.2. The standard InChI is InChI=1S/C20H22O6/c1-24-18-11-13(5-8-16(18)21)4-7-15(20(23)26-3)10-14-6-9-17(22)19(12-14)25-2/h4-9,11-12,15,21-22H,10H2,1-3H3. The minimum Gasteiger partial charge on any atom is -0.504 e. The second kappa shape index (κ2) is 8.80. The van der Waals surface area contributed by atoms with E-state index in [0.29, 0.717) is 17.9 Å². The molecule has 2 rings (SSSR count). The molecule has 0 saturated heterocycles. The highest BCUT2D eigenvalue weighted by Gasteiger charge is 2.17. The monoisotopic (exact) mass is 358 g/mol. The third-order valence-electron chi connectivity index (χ3n) is 3.93. The quantitative estimate of drug-likeness (QED) is 0.740. The average Bonchev–Trinajstić information content (AvgIpc) is 2.66. The number of ether oxygens (including phenoxy) is 3. The normalized spacial score (nSPS) is 12.0. The first-order valence-electron chi connectivity index (χ1n) is 7.97. The van der Waals surface area contributed by atoms with E-state index in [1.54, 1.807) is 36.4 Å². The van der Waals surface area contributed by atoms with Crippen LogP contribution >= 0.6 is 0 Å². The van der Waals surface area contributed by atoms with Crippen molar-refractivity contribution in [3.63, 3.8) is 0 Å². The Hall–Kier alpha value is -3.15. The molecule has 2 aromatic carbocycles. The van der Waals surface area contributed by atoms with Gasteiger partial charge in [0.05, 0.1) is 27.2 Å². The maximum Gasteiger partial charge on any atom is 0.312 e. The highest BCUT2D eigenvalue weighted by atomic mass is 16.5. The molecule has 6 heteroatoms. The third-order valence-corrected chi connectivity index (χ3v) is 3.93. The molecule has 138 valence electrons. The number of methoxy groups -OCH3 is 3. The van der Waals surface area contributed by atoms with Gasteiger partial charge >= 0.3 is 5.97 Å². The zero-order chi connectivity index (χ0) is 19.1. The SMILES string of the molecule is COC(=O)C(C=Cc1ccc(O)c(OC)c1)Cc1ccc(O)c(OC)c1. The van der Waals surface area contributed by atoms with Gasteiger partial charge in [0, 0.05) is 0 Å². The second-order valence-corrected chi connectivity index (χ2v) is 5.63. The lowest BCUT2D eigenvalue weighted by molar-refractivity contribution is -0.143. The molecular weight excluding hydrogens is 336 g/mol. The molecule has 0 saturated carbocycles. The van der Waals surface area contributed by atoms with E-state index in [-0.39, 0.29) is 17.5 Å². The summed E-state index contributed by atoms with van der Waals surface area (Å²) in [6, 6.07) is 9.84. The number of carbonyl (C=O) groups is 1. The molecule has 0 spiro atoms. The van der Waals surface area contributed by atoms with Crippen LogP contribution in [0, 0.1) is 5.92 Å². The molecule has 0 aliphatic carbocycles. The Morgan fingerprint density at radius 2 is 1.62 bits per heavy atom. The zero-order valence-corrected chi connectivity index (χ0v) is 14.9. The van der Waals surface area contributed by atoms with Crippen molar-refractivity contribution in [3.05, 3.63) is 53.6 Å². The van der Waals surface area contributed by atoms with Crippen molar-refractivity contribution in [2.24, 2.45) is 5.92 Å². The molecular formula is C20H22O6. The number of esters is 1. The maximum atomic E-state index is 12.1.